The van der Waals surface area contributed by atoms with Crippen molar-refractivity contribution >= 4 is 66.7 Å². The monoisotopic (exact) mass is 585 g/mol. The van der Waals surface area contributed by atoms with Crippen LogP contribution in [0.3, 0.4) is 0 Å². The number of thiophene rings is 1. The molecule has 8 heteroatoms. The zero-order valence-electron chi connectivity index (χ0n) is 16.9. The first kappa shape index (κ1) is 21.7. The number of nitrogens with zero attached hydrogens (tertiary/aromatic N) is 2. The number of aromatic nitrogens is 1. The lowest BCUT2D eigenvalue weighted by Gasteiger charge is -2.08. The van der Waals surface area contributed by atoms with E-state index >= 15 is 0 Å². The van der Waals surface area contributed by atoms with Gasteiger partial charge in [0.2, 0.25) is 0 Å². The van der Waals surface area contributed by atoms with Gasteiger partial charge in [-0.25, -0.2) is 0 Å². The maximum atomic E-state index is 12.2. The molecule has 0 atom stereocenters. The SMILES string of the molecule is CN1Cc2cc(-c3ccc(-c4cncc(NSc5ccc(Br)cc5Br)c4)s3)ccc2C1=O. The zero-order valence-corrected chi connectivity index (χ0v) is 21.7. The molecular formula is C24H17Br2N3OS2. The number of amides is 1. The summed E-state index contributed by atoms with van der Waals surface area (Å²) < 4.78 is 5.44. The number of hydrogen-bond donors (Lipinski definition) is 1. The van der Waals surface area contributed by atoms with Gasteiger partial charge < -0.3 is 9.62 Å². The Morgan fingerprint density at radius 1 is 1.00 bits per heavy atom. The van der Waals surface area contributed by atoms with Gasteiger partial charge in [0.05, 0.1) is 11.9 Å². The average molecular weight is 587 g/mol. The minimum atomic E-state index is 0.0989. The molecule has 0 fully saturated rings. The highest BCUT2D eigenvalue weighted by Crippen LogP contribution is 2.37. The Balaban J connectivity index is 1.35. The summed E-state index contributed by atoms with van der Waals surface area (Å²) in [5, 5.41) is 0. The lowest BCUT2D eigenvalue weighted by Crippen LogP contribution is -2.17. The number of rotatable bonds is 5. The van der Waals surface area contributed by atoms with Crippen LogP contribution in [0.15, 0.2) is 80.8 Å². The van der Waals surface area contributed by atoms with Gasteiger partial charge in [-0.05, 0) is 87.5 Å². The maximum absolute atomic E-state index is 12.2. The molecule has 0 radical (unpaired) electrons. The van der Waals surface area contributed by atoms with Crippen molar-refractivity contribution in [2.45, 2.75) is 11.4 Å². The van der Waals surface area contributed by atoms with E-state index in [1.54, 1.807) is 28.2 Å². The Labute approximate surface area is 211 Å². The largest absolute Gasteiger partial charge is 0.337 e. The minimum absolute atomic E-state index is 0.0989. The van der Waals surface area contributed by atoms with Gasteiger partial charge in [0.25, 0.3) is 5.91 Å². The van der Waals surface area contributed by atoms with Gasteiger partial charge in [-0.15, -0.1) is 11.3 Å². The molecule has 2 aromatic carbocycles. The van der Waals surface area contributed by atoms with E-state index in [4.69, 9.17) is 0 Å². The molecular weight excluding hydrogens is 570 g/mol. The van der Waals surface area contributed by atoms with Crippen LogP contribution in [0.2, 0.25) is 0 Å². The highest BCUT2D eigenvalue weighted by Gasteiger charge is 2.24. The van der Waals surface area contributed by atoms with Crippen LogP contribution in [0.1, 0.15) is 15.9 Å². The van der Waals surface area contributed by atoms with Crippen molar-refractivity contribution in [1.29, 1.82) is 0 Å². The number of anilines is 1. The van der Waals surface area contributed by atoms with E-state index in [0.29, 0.717) is 6.54 Å². The van der Waals surface area contributed by atoms with Crippen LogP contribution in [0.4, 0.5) is 5.69 Å². The third kappa shape index (κ3) is 4.37. The first-order valence-corrected chi connectivity index (χ1v) is 13.0. The quantitative estimate of drug-likeness (QED) is 0.243. The van der Waals surface area contributed by atoms with Gasteiger partial charge in [0.15, 0.2) is 0 Å². The van der Waals surface area contributed by atoms with E-state index in [1.165, 1.54) is 4.88 Å². The molecule has 1 aliphatic rings. The predicted octanol–water partition coefficient (Wildman–Crippen LogP) is 7.71. The fraction of sp³-hybridized carbons (Fsp3) is 0.0833. The van der Waals surface area contributed by atoms with E-state index < -0.39 is 0 Å². The van der Waals surface area contributed by atoms with Crippen LogP contribution in [-0.4, -0.2) is 22.8 Å². The molecule has 0 bridgehead atoms. The molecule has 0 aliphatic carbocycles. The van der Waals surface area contributed by atoms with Crippen molar-refractivity contribution in [3.05, 3.63) is 87.1 Å². The van der Waals surface area contributed by atoms with Crippen LogP contribution < -0.4 is 4.72 Å². The molecule has 4 nitrogen and oxygen atoms in total. The number of benzene rings is 2. The van der Waals surface area contributed by atoms with E-state index in [0.717, 1.165) is 46.7 Å². The number of carbonyl (C=O) groups is 1. The fourth-order valence-electron chi connectivity index (χ4n) is 3.57. The van der Waals surface area contributed by atoms with Gasteiger partial charge >= 0.3 is 0 Å². The summed E-state index contributed by atoms with van der Waals surface area (Å²) in [7, 11) is 1.84. The molecule has 160 valence electrons. The number of pyridine rings is 1. The van der Waals surface area contributed by atoms with Crippen LogP contribution >= 0.6 is 55.1 Å². The van der Waals surface area contributed by atoms with Crippen LogP contribution in [0.25, 0.3) is 20.9 Å². The molecule has 1 amide bonds. The Bertz CT molecular complexity index is 1340. The third-order valence-electron chi connectivity index (χ3n) is 5.18. The van der Waals surface area contributed by atoms with E-state index in [9.17, 15) is 4.79 Å². The number of fused-ring (bicyclic) bond motifs is 1. The summed E-state index contributed by atoms with van der Waals surface area (Å²) in [6.07, 6.45) is 3.71. The number of halogens is 2. The van der Waals surface area contributed by atoms with Crippen LogP contribution in [0.5, 0.6) is 0 Å². The first-order chi connectivity index (χ1) is 15.5. The first-order valence-electron chi connectivity index (χ1n) is 9.80. The zero-order chi connectivity index (χ0) is 22.2. The summed E-state index contributed by atoms with van der Waals surface area (Å²) in [5.74, 6) is 0.0989. The summed E-state index contributed by atoms with van der Waals surface area (Å²) >= 11 is 10.3. The topological polar surface area (TPSA) is 45.2 Å². The highest BCUT2D eigenvalue weighted by molar-refractivity contribution is 9.11. The van der Waals surface area contributed by atoms with Crippen molar-refractivity contribution in [2.75, 3.05) is 11.8 Å². The Hall–Kier alpha value is -2.13. The smallest absolute Gasteiger partial charge is 0.254 e. The van der Waals surface area contributed by atoms with Crippen molar-refractivity contribution in [1.82, 2.24) is 9.88 Å². The standard InChI is InChI=1S/C24H17Br2N3OS2/c1-29-13-16-8-14(2-4-19(16)24(29)30)21-6-7-22(31-21)15-9-18(12-27-11-15)28-32-23-5-3-17(25)10-20(23)26/h2-12,28H,13H2,1H3. The average Bonchev–Trinajstić information content (AvgIpc) is 3.38. The summed E-state index contributed by atoms with van der Waals surface area (Å²) in [4.78, 5) is 21.8. The molecule has 0 saturated carbocycles. The van der Waals surface area contributed by atoms with Crippen molar-refractivity contribution < 1.29 is 4.79 Å². The number of carbonyl (C=O) groups excluding carboxylic acids is 1. The molecule has 1 N–H and O–H groups in total. The van der Waals surface area contributed by atoms with E-state index in [2.05, 4.69) is 71.9 Å². The van der Waals surface area contributed by atoms with Gasteiger partial charge in [0, 0.05) is 54.5 Å². The van der Waals surface area contributed by atoms with E-state index in [1.807, 2.05) is 43.7 Å². The predicted molar refractivity (Wildman–Crippen MR) is 140 cm³/mol. The summed E-state index contributed by atoms with van der Waals surface area (Å²) in [5.41, 5.74) is 5.05. The van der Waals surface area contributed by atoms with Crippen LogP contribution in [0, 0.1) is 0 Å². The maximum Gasteiger partial charge on any atom is 0.254 e. The van der Waals surface area contributed by atoms with Gasteiger partial charge in [0.1, 0.15) is 0 Å². The van der Waals surface area contributed by atoms with Crippen molar-refractivity contribution in [3.63, 3.8) is 0 Å². The van der Waals surface area contributed by atoms with Gasteiger partial charge in [-0.3, -0.25) is 9.78 Å². The fourth-order valence-corrected chi connectivity index (χ4v) is 6.48. The summed E-state index contributed by atoms with van der Waals surface area (Å²) in [6, 6.07) is 18.6. The minimum Gasteiger partial charge on any atom is -0.337 e. The molecule has 0 unspecified atom stereocenters. The van der Waals surface area contributed by atoms with Crippen LogP contribution in [-0.2, 0) is 6.54 Å². The second kappa shape index (κ2) is 9.02. The molecule has 4 aromatic rings. The van der Waals surface area contributed by atoms with Gasteiger partial charge in [-0.2, -0.15) is 0 Å². The lowest BCUT2D eigenvalue weighted by molar-refractivity contribution is 0.0816. The Morgan fingerprint density at radius 3 is 2.62 bits per heavy atom. The molecule has 3 heterocycles. The van der Waals surface area contributed by atoms with Gasteiger partial charge in [-0.1, -0.05) is 22.0 Å². The third-order valence-corrected chi connectivity index (χ3v) is 8.68. The number of nitrogens with one attached hydrogen (secondary N) is 1. The summed E-state index contributed by atoms with van der Waals surface area (Å²) in [6.45, 7) is 0.671. The van der Waals surface area contributed by atoms with Crippen molar-refractivity contribution in [2.24, 2.45) is 0 Å². The normalized spacial score (nSPS) is 12.8. The molecule has 5 rings (SSSR count). The lowest BCUT2D eigenvalue weighted by atomic mass is 10.1. The highest BCUT2D eigenvalue weighted by atomic mass is 79.9. The molecule has 2 aromatic heterocycles. The number of hydrogen-bond acceptors (Lipinski definition) is 5. The van der Waals surface area contributed by atoms with E-state index in [-0.39, 0.29) is 5.91 Å². The Kier molecular flexibility index (Phi) is 6.11. The van der Waals surface area contributed by atoms with Crippen molar-refractivity contribution in [3.8, 4) is 20.9 Å². The second-order valence-electron chi connectivity index (χ2n) is 7.44. The second-order valence-corrected chi connectivity index (χ2v) is 11.1. The Morgan fingerprint density at radius 2 is 1.81 bits per heavy atom. The molecule has 32 heavy (non-hydrogen) atoms. The molecule has 0 saturated heterocycles. The molecule has 1 aliphatic heterocycles. The molecule has 0 spiro atoms.